The maximum atomic E-state index is 13.0. The largest absolute Gasteiger partial charge is 0.379 e. The van der Waals surface area contributed by atoms with Gasteiger partial charge in [-0.05, 0) is 51.0 Å². The number of benzene rings is 1. The second-order valence-electron chi connectivity index (χ2n) is 7.76. The number of hydrogen-bond acceptors (Lipinski definition) is 3. The lowest BCUT2D eigenvalue weighted by atomic mass is 10.0. The van der Waals surface area contributed by atoms with Crippen molar-refractivity contribution in [1.82, 2.24) is 14.4 Å². The molecular weight excluding hydrogens is 326 g/mol. The van der Waals surface area contributed by atoms with E-state index in [1.165, 1.54) is 5.52 Å². The van der Waals surface area contributed by atoms with Gasteiger partial charge < -0.3 is 14.2 Å². The number of nitrogens with zero attached hydrogens (tertiary/aromatic N) is 3. The van der Waals surface area contributed by atoms with Gasteiger partial charge in [0.05, 0.1) is 13.2 Å². The van der Waals surface area contributed by atoms with Crippen molar-refractivity contribution in [2.75, 3.05) is 39.4 Å². The van der Waals surface area contributed by atoms with Gasteiger partial charge in [0.25, 0.3) is 5.91 Å². The maximum Gasteiger partial charge on any atom is 0.253 e. The van der Waals surface area contributed by atoms with Crippen LogP contribution >= 0.6 is 0 Å². The number of likely N-dealkylation sites (tertiary alicyclic amines) is 1. The van der Waals surface area contributed by atoms with Gasteiger partial charge in [-0.3, -0.25) is 9.69 Å². The Kier molecular flexibility index (Phi) is 5.00. The smallest absolute Gasteiger partial charge is 0.253 e. The molecule has 140 valence electrons. The molecule has 5 nitrogen and oxygen atoms in total. The quantitative estimate of drug-likeness (QED) is 0.849. The van der Waals surface area contributed by atoms with Crippen LogP contribution in [-0.4, -0.2) is 65.7 Å². The molecule has 0 aliphatic carbocycles. The first kappa shape index (κ1) is 17.6. The SMILES string of the molecule is CC(C)n1ccc2cc(C(=O)N3CCC(N4CCOCC4)CC3)ccc21. The van der Waals surface area contributed by atoms with Crippen molar-refractivity contribution in [1.29, 1.82) is 0 Å². The number of hydrogen-bond donors (Lipinski definition) is 0. The van der Waals surface area contributed by atoms with E-state index in [2.05, 4.69) is 41.6 Å². The Bertz CT molecular complexity index is 769. The summed E-state index contributed by atoms with van der Waals surface area (Å²) in [5.41, 5.74) is 2.01. The molecule has 26 heavy (non-hydrogen) atoms. The minimum absolute atomic E-state index is 0.171. The van der Waals surface area contributed by atoms with Crippen molar-refractivity contribution in [3.05, 3.63) is 36.0 Å². The predicted molar refractivity (Wildman–Crippen MR) is 104 cm³/mol. The summed E-state index contributed by atoms with van der Waals surface area (Å²) in [5.74, 6) is 0.171. The highest BCUT2D eigenvalue weighted by Gasteiger charge is 2.28. The number of piperidine rings is 1. The summed E-state index contributed by atoms with van der Waals surface area (Å²) < 4.78 is 7.70. The van der Waals surface area contributed by atoms with Crippen LogP contribution in [0.1, 0.15) is 43.1 Å². The van der Waals surface area contributed by atoms with E-state index in [-0.39, 0.29) is 5.91 Å². The van der Waals surface area contributed by atoms with Crippen molar-refractivity contribution in [2.45, 2.75) is 38.8 Å². The molecule has 0 bridgehead atoms. The second kappa shape index (κ2) is 7.41. The minimum atomic E-state index is 0.171. The normalized spacial score (nSPS) is 20.2. The van der Waals surface area contributed by atoms with Crippen LogP contribution in [0.3, 0.4) is 0 Å². The van der Waals surface area contributed by atoms with E-state index in [4.69, 9.17) is 4.74 Å². The van der Waals surface area contributed by atoms with E-state index in [1.54, 1.807) is 0 Å². The molecule has 2 fully saturated rings. The molecule has 0 N–H and O–H groups in total. The van der Waals surface area contributed by atoms with Crippen molar-refractivity contribution < 1.29 is 9.53 Å². The molecule has 4 rings (SSSR count). The highest BCUT2D eigenvalue weighted by molar-refractivity contribution is 5.98. The van der Waals surface area contributed by atoms with Crippen LogP contribution in [0, 0.1) is 0 Å². The Hall–Kier alpha value is -1.85. The number of ether oxygens (including phenoxy) is 1. The van der Waals surface area contributed by atoms with Crippen LogP contribution in [0.5, 0.6) is 0 Å². The molecule has 3 heterocycles. The van der Waals surface area contributed by atoms with E-state index in [0.29, 0.717) is 12.1 Å². The molecule has 1 aromatic heterocycles. The molecule has 2 saturated heterocycles. The number of carbonyl (C=O) groups is 1. The van der Waals surface area contributed by atoms with Gasteiger partial charge >= 0.3 is 0 Å². The summed E-state index contributed by atoms with van der Waals surface area (Å²) in [6.07, 6.45) is 4.24. The van der Waals surface area contributed by atoms with Gasteiger partial charge in [0.1, 0.15) is 0 Å². The lowest BCUT2D eigenvalue weighted by Gasteiger charge is -2.40. The number of morpholine rings is 1. The molecular formula is C21H29N3O2. The van der Waals surface area contributed by atoms with Crippen LogP contribution < -0.4 is 0 Å². The van der Waals surface area contributed by atoms with Gasteiger partial charge in [0.2, 0.25) is 0 Å². The monoisotopic (exact) mass is 355 g/mol. The molecule has 2 aliphatic rings. The van der Waals surface area contributed by atoms with Gasteiger partial charge in [-0.1, -0.05) is 0 Å². The van der Waals surface area contributed by atoms with Crippen LogP contribution in [0.4, 0.5) is 0 Å². The number of carbonyl (C=O) groups excluding carboxylic acids is 1. The van der Waals surface area contributed by atoms with Crippen LogP contribution in [0.15, 0.2) is 30.5 Å². The summed E-state index contributed by atoms with van der Waals surface area (Å²) >= 11 is 0. The van der Waals surface area contributed by atoms with Gasteiger partial charge in [-0.2, -0.15) is 0 Å². The fourth-order valence-electron chi connectivity index (χ4n) is 4.31. The third kappa shape index (κ3) is 3.38. The van der Waals surface area contributed by atoms with Crippen molar-refractivity contribution >= 4 is 16.8 Å². The maximum absolute atomic E-state index is 13.0. The van der Waals surface area contributed by atoms with Crippen molar-refractivity contribution in [3.8, 4) is 0 Å². The predicted octanol–water partition coefficient (Wildman–Crippen LogP) is 3.16. The average Bonchev–Trinajstić information content (AvgIpc) is 3.12. The summed E-state index contributed by atoms with van der Waals surface area (Å²) in [5, 5.41) is 1.15. The van der Waals surface area contributed by atoms with Crippen LogP contribution in [0.25, 0.3) is 10.9 Å². The lowest BCUT2D eigenvalue weighted by Crippen LogP contribution is -2.50. The fraction of sp³-hybridized carbons (Fsp3) is 0.571. The Balaban J connectivity index is 1.42. The zero-order valence-electron chi connectivity index (χ0n) is 15.9. The van der Waals surface area contributed by atoms with E-state index >= 15 is 0 Å². The summed E-state index contributed by atoms with van der Waals surface area (Å²) in [4.78, 5) is 17.5. The first-order chi connectivity index (χ1) is 12.6. The summed E-state index contributed by atoms with van der Waals surface area (Å²) in [7, 11) is 0. The fourth-order valence-corrected chi connectivity index (χ4v) is 4.31. The van der Waals surface area contributed by atoms with E-state index in [1.807, 2.05) is 17.0 Å². The lowest BCUT2D eigenvalue weighted by molar-refractivity contribution is 0.00159. The van der Waals surface area contributed by atoms with Gasteiger partial charge in [-0.15, -0.1) is 0 Å². The molecule has 1 aromatic carbocycles. The Morgan fingerprint density at radius 2 is 1.81 bits per heavy atom. The van der Waals surface area contributed by atoms with E-state index in [9.17, 15) is 4.79 Å². The zero-order chi connectivity index (χ0) is 18.1. The molecule has 0 saturated carbocycles. The Morgan fingerprint density at radius 3 is 2.50 bits per heavy atom. The molecule has 2 aliphatic heterocycles. The summed E-state index contributed by atoms with van der Waals surface area (Å²) in [6.45, 7) is 9.81. The number of fused-ring (bicyclic) bond motifs is 1. The topological polar surface area (TPSA) is 37.7 Å². The number of amides is 1. The molecule has 1 amide bonds. The third-order valence-corrected chi connectivity index (χ3v) is 5.84. The van der Waals surface area contributed by atoms with E-state index in [0.717, 1.165) is 63.2 Å². The van der Waals surface area contributed by atoms with Gasteiger partial charge in [-0.25, -0.2) is 0 Å². The van der Waals surface area contributed by atoms with E-state index < -0.39 is 0 Å². The molecule has 0 radical (unpaired) electrons. The van der Waals surface area contributed by atoms with Crippen molar-refractivity contribution in [2.24, 2.45) is 0 Å². The third-order valence-electron chi connectivity index (χ3n) is 5.84. The molecule has 0 atom stereocenters. The van der Waals surface area contributed by atoms with Gasteiger partial charge in [0, 0.05) is 60.9 Å². The minimum Gasteiger partial charge on any atom is -0.379 e. The van der Waals surface area contributed by atoms with Gasteiger partial charge in [0.15, 0.2) is 0 Å². The molecule has 5 heteroatoms. The van der Waals surface area contributed by atoms with Crippen LogP contribution in [0.2, 0.25) is 0 Å². The first-order valence-corrected chi connectivity index (χ1v) is 9.85. The highest BCUT2D eigenvalue weighted by atomic mass is 16.5. The number of aromatic nitrogens is 1. The van der Waals surface area contributed by atoms with Crippen LogP contribution in [-0.2, 0) is 4.74 Å². The highest BCUT2D eigenvalue weighted by Crippen LogP contribution is 2.24. The molecule has 2 aromatic rings. The standard InChI is InChI=1S/C21H29N3O2/c1-16(2)24-10-5-17-15-18(3-4-20(17)24)21(25)23-8-6-19(7-9-23)22-11-13-26-14-12-22/h3-5,10,15-16,19H,6-9,11-14H2,1-2H3. The zero-order valence-corrected chi connectivity index (χ0v) is 15.9. The molecule has 0 spiro atoms. The Labute approximate surface area is 155 Å². The Morgan fingerprint density at radius 1 is 1.08 bits per heavy atom. The molecule has 0 unspecified atom stereocenters. The second-order valence-corrected chi connectivity index (χ2v) is 7.76. The number of rotatable bonds is 3. The summed E-state index contributed by atoms with van der Waals surface area (Å²) in [6, 6.07) is 9.25. The average molecular weight is 355 g/mol. The van der Waals surface area contributed by atoms with Crippen molar-refractivity contribution in [3.63, 3.8) is 0 Å². The first-order valence-electron chi connectivity index (χ1n) is 9.85.